The van der Waals surface area contributed by atoms with Crippen LogP contribution in [0.25, 0.3) is 0 Å². The van der Waals surface area contributed by atoms with Gasteiger partial charge in [-0.1, -0.05) is 74.5 Å². The molecule has 0 saturated carbocycles. The van der Waals surface area contributed by atoms with E-state index in [-0.39, 0.29) is 18.1 Å². The van der Waals surface area contributed by atoms with Crippen molar-refractivity contribution in [2.75, 3.05) is 0 Å². The number of carbonyl (C=O) groups excluding carboxylic acids is 2. The van der Waals surface area contributed by atoms with Crippen LogP contribution in [0.4, 0.5) is 0 Å². The van der Waals surface area contributed by atoms with E-state index in [0.717, 1.165) is 11.1 Å². The van der Waals surface area contributed by atoms with Crippen molar-refractivity contribution in [1.29, 1.82) is 0 Å². The maximum absolute atomic E-state index is 13.0. The van der Waals surface area contributed by atoms with Gasteiger partial charge in [0.15, 0.2) is 5.78 Å². The first kappa shape index (κ1) is 15.5. The molecule has 1 aliphatic heterocycles. The molecule has 1 atom stereocenters. The number of rotatable bonds is 3. The van der Waals surface area contributed by atoms with Gasteiger partial charge in [0.1, 0.15) is 6.04 Å². The first-order valence-corrected chi connectivity index (χ1v) is 7.92. The largest absolute Gasteiger partial charge is 0.324 e. The van der Waals surface area contributed by atoms with Crippen molar-refractivity contribution in [3.05, 3.63) is 71.8 Å². The standard InChI is InChI=1S/C20H21NO2/c1-20(2)13-17(22)21(14-15-9-5-3-6-10-15)18(19(20)23)16-11-7-4-8-12-16/h3-12,18H,13-14H2,1-2H3. The molecule has 0 spiro atoms. The van der Waals surface area contributed by atoms with E-state index in [4.69, 9.17) is 0 Å². The summed E-state index contributed by atoms with van der Waals surface area (Å²) in [6.07, 6.45) is 0.266. The number of Topliss-reactive ketones (excluding diaryl/α,β-unsaturated/α-hetero) is 1. The summed E-state index contributed by atoms with van der Waals surface area (Å²) in [4.78, 5) is 27.4. The molecule has 0 N–H and O–H groups in total. The molecule has 23 heavy (non-hydrogen) atoms. The molecule has 1 saturated heterocycles. The van der Waals surface area contributed by atoms with Gasteiger partial charge in [0.25, 0.3) is 0 Å². The average molecular weight is 307 g/mol. The predicted octanol–water partition coefficient (Wildman–Crippen LogP) is 3.76. The van der Waals surface area contributed by atoms with E-state index in [1.54, 1.807) is 4.90 Å². The lowest BCUT2D eigenvalue weighted by molar-refractivity contribution is -0.154. The predicted molar refractivity (Wildman–Crippen MR) is 89.6 cm³/mol. The highest BCUT2D eigenvalue weighted by Gasteiger charge is 2.46. The molecule has 1 amide bonds. The van der Waals surface area contributed by atoms with E-state index in [9.17, 15) is 9.59 Å². The van der Waals surface area contributed by atoms with Crippen molar-refractivity contribution in [2.45, 2.75) is 32.9 Å². The van der Waals surface area contributed by atoms with E-state index < -0.39 is 11.5 Å². The Bertz CT molecular complexity index is 707. The van der Waals surface area contributed by atoms with Gasteiger partial charge in [-0.25, -0.2) is 0 Å². The Hall–Kier alpha value is -2.42. The van der Waals surface area contributed by atoms with E-state index in [1.807, 2.05) is 74.5 Å². The molecule has 118 valence electrons. The average Bonchev–Trinajstić information content (AvgIpc) is 2.54. The van der Waals surface area contributed by atoms with Crippen LogP contribution in [0.5, 0.6) is 0 Å². The number of nitrogens with zero attached hydrogens (tertiary/aromatic N) is 1. The molecule has 2 aromatic carbocycles. The Morgan fingerprint density at radius 2 is 1.52 bits per heavy atom. The first-order chi connectivity index (χ1) is 11.0. The molecule has 1 aliphatic rings. The number of hydrogen-bond acceptors (Lipinski definition) is 2. The summed E-state index contributed by atoms with van der Waals surface area (Å²) >= 11 is 0. The van der Waals surface area contributed by atoms with Crippen molar-refractivity contribution in [3.63, 3.8) is 0 Å². The van der Waals surface area contributed by atoms with Crippen LogP contribution in [0, 0.1) is 5.41 Å². The summed E-state index contributed by atoms with van der Waals surface area (Å²) in [7, 11) is 0. The fourth-order valence-corrected chi connectivity index (χ4v) is 3.15. The Balaban J connectivity index is 2.00. The van der Waals surface area contributed by atoms with Crippen LogP contribution in [0.15, 0.2) is 60.7 Å². The molecule has 0 aromatic heterocycles. The number of piperidine rings is 1. The van der Waals surface area contributed by atoms with Crippen LogP contribution in [0.2, 0.25) is 0 Å². The van der Waals surface area contributed by atoms with Gasteiger partial charge in [-0.2, -0.15) is 0 Å². The van der Waals surface area contributed by atoms with Crippen LogP contribution in [0.1, 0.15) is 37.4 Å². The van der Waals surface area contributed by atoms with E-state index in [0.29, 0.717) is 6.54 Å². The molecule has 2 aromatic rings. The minimum Gasteiger partial charge on any atom is -0.324 e. The molecule has 3 heteroatoms. The monoisotopic (exact) mass is 307 g/mol. The topological polar surface area (TPSA) is 37.4 Å². The third kappa shape index (κ3) is 3.04. The maximum Gasteiger partial charge on any atom is 0.224 e. The Morgan fingerprint density at radius 1 is 0.957 bits per heavy atom. The summed E-state index contributed by atoms with van der Waals surface area (Å²) in [6, 6.07) is 18.9. The van der Waals surface area contributed by atoms with Gasteiger partial charge in [-0.15, -0.1) is 0 Å². The van der Waals surface area contributed by atoms with Crippen LogP contribution in [0.3, 0.4) is 0 Å². The van der Waals surface area contributed by atoms with Crippen molar-refractivity contribution in [1.82, 2.24) is 4.90 Å². The summed E-state index contributed by atoms with van der Waals surface area (Å²) in [5.74, 6) is 0.145. The van der Waals surface area contributed by atoms with Gasteiger partial charge in [0, 0.05) is 18.4 Å². The molecule has 0 bridgehead atoms. The zero-order valence-corrected chi connectivity index (χ0v) is 13.5. The second kappa shape index (κ2) is 5.99. The number of likely N-dealkylation sites (tertiary alicyclic amines) is 1. The van der Waals surface area contributed by atoms with Crippen LogP contribution in [-0.2, 0) is 16.1 Å². The quantitative estimate of drug-likeness (QED) is 0.866. The Morgan fingerprint density at radius 3 is 2.13 bits per heavy atom. The van der Waals surface area contributed by atoms with Gasteiger partial charge in [-0.3, -0.25) is 9.59 Å². The van der Waals surface area contributed by atoms with Crippen LogP contribution >= 0.6 is 0 Å². The Kier molecular flexibility index (Phi) is 4.03. The fourth-order valence-electron chi connectivity index (χ4n) is 3.15. The van der Waals surface area contributed by atoms with Crippen molar-refractivity contribution in [2.24, 2.45) is 5.41 Å². The Labute approximate surface area is 136 Å². The molecule has 1 unspecified atom stereocenters. The fraction of sp³-hybridized carbons (Fsp3) is 0.300. The van der Waals surface area contributed by atoms with Gasteiger partial charge in [0.2, 0.25) is 5.91 Å². The normalized spacial score (nSPS) is 20.6. The highest BCUT2D eigenvalue weighted by molar-refractivity contribution is 5.99. The molecule has 0 radical (unpaired) electrons. The number of hydrogen-bond donors (Lipinski definition) is 0. The number of amides is 1. The lowest BCUT2D eigenvalue weighted by atomic mass is 9.75. The van der Waals surface area contributed by atoms with Gasteiger partial charge in [-0.05, 0) is 11.1 Å². The third-order valence-corrected chi connectivity index (χ3v) is 4.45. The zero-order chi connectivity index (χ0) is 16.4. The highest BCUT2D eigenvalue weighted by Crippen LogP contribution is 2.39. The highest BCUT2D eigenvalue weighted by atomic mass is 16.2. The molecular weight excluding hydrogens is 286 g/mol. The minimum atomic E-state index is -0.620. The van der Waals surface area contributed by atoms with Crippen molar-refractivity contribution < 1.29 is 9.59 Å². The molecule has 1 fully saturated rings. The smallest absolute Gasteiger partial charge is 0.224 e. The zero-order valence-electron chi connectivity index (χ0n) is 13.5. The third-order valence-electron chi connectivity index (χ3n) is 4.45. The van der Waals surface area contributed by atoms with Gasteiger partial charge < -0.3 is 4.90 Å². The van der Waals surface area contributed by atoms with Crippen molar-refractivity contribution in [3.8, 4) is 0 Å². The van der Waals surface area contributed by atoms with E-state index in [2.05, 4.69) is 0 Å². The molecule has 3 nitrogen and oxygen atoms in total. The van der Waals surface area contributed by atoms with Gasteiger partial charge in [0.05, 0.1) is 0 Å². The molecule has 0 aliphatic carbocycles. The minimum absolute atomic E-state index is 0.0345. The van der Waals surface area contributed by atoms with Crippen LogP contribution in [-0.4, -0.2) is 16.6 Å². The lowest BCUT2D eigenvalue weighted by Gasteiger charge is -2.42. The molecular formula is C20H21NO2. The van der Waals surface area contributed by atoms with Crippen LogP contribution < -0.4 is 0 Å². The van der Waals surface area contributed by atoms with Gasteiger partial charge >= 0.3 is 0 Å². The van der Waals surface area contributed by atoms with E-state index in [1.165, 1.54) is 0 Å². The maximum atomic E-state index is 13.0. The molecule has 3 rings (SSSR count). The summed E-state index contributed by atoms with van der Waals surface area (Å²) in [5.41, 5.74) is 1.30. The van der Waals surface area contributed by atoms with Crippen molar-refractivity contribution >= 4 is 11.7 Å². The second-order valence-electron chi connectivity index (χ2n) is 6.75. The summed E-state index contributed by atoms with van der Waals surface area (Å²) in [5, 5.41) is 0. The summed E-state index contributed by atoms with van der Waals surface area (Å²) < 4.78 is 0. The number of ketones is 1. The number of carbonyl (C=O) groups is 2. The second-order valence-corrected chi connectivity index (χ2v) is 6.75. The molecule has 1 heterocycles. The number of benzene rings is 2. The summed E-state index contributed by atoms with van der Waals surface area (Å²) in [6.45, 7) is 4.19. The SMILES string of the molecule is CC1(C)CC(=O)N(Cc2ccccc2)C(c2ccccc2)C1=O. The first-order valence-electron chi connectivity index (χ1n) is 7.92. The lowest BCUT2D eigenvalue weighted by Crippen LogP contribution is -2.50. The van der Waals surface area contributed by atoms with E-state index >= 15 is 0 Å².